The minimum atomic E-state index is -3.68. The van der Waals surface area contributed by atoms with Crippen LogP contribution < -0.4 is 4.72 Å². The van der Waals surface area contributed by atoms with Crippen LogP contribution >= 0.6 is 38.9 Å². The lowest BCUT2D eigenvalue weighted by molar-refractivity contribution is 0.602. The molecule has 0 radical (unpaired) electrons. The molecule has 1 N–H and O–H groups in total. The minimum absolute atomic E-state index is 0.109. The van der Waals surface area contributed by atoms with Gasteiger partial charge < -0.3 is 0 Å². The third kappa shape index (κ3) is 2.62. The highest BCUT2D eigenvalue weighted by atomic mass is 79.9. The molecule has 17 heavy (non-hydrogen) atoms. The molecule has 0 saturated carbocycles. The summed E-state index contributed by atoms with van der Waals surface area (Å²) in [4.78, 5) is 3.78. The Labute approximate surface area is 115 Å². The molecule has 0 atom stereocenters. The predicted molar refractivity (Wildman–Crippen MR) is 68.8 cm³/mol. The summed E-state index contributed by atoms with van der Waals surface area (Å²) in [6.45, 7) is 0. The van der Waals surface area contributed by atoms with Crippen LogP contribution in [0.4, 0.5) is 5.95 Å². The van der Waals surface area contributed by atoms with Gasteiger partial charge in [-0.25, -0.2) is 17.8 Å². The summed E-state index contributed by atoms with van der Waals surface area (Å²) in [5.74, 6) is 0.144. The average molecular weight is 358 g/mol. The van der Waals surface area contributed by atoms with Gasteiger partial charge in [0.15, 0.2) is 0 Å². The van der Waals surface area contributed by atoms with Crippen LogP contribution in [0.25, 0.3) is 0 Å². The van der Waals surface area contributed by atoms with Gasteiger partial charge in [-0.05, 0) is 22.0 Å². The first-order chi connectivity index (χ1) is 7.90. The van der Waals surface area contributed by atoms with Gasteiger partial charge in [0.25, 0.3) is 10.0 Å². The molecule has 0 spiro atoms. The Morgan fingerprint density at radius 3 is 2.76 bits per heavy atom. The molecule has 10 heteroatoms. The lowest BCUT2D eigenvalue weighted by Gasteiger charge is -2.03. The Morgan fingerprint density at radius 2 is 2.29 bits per heavy atom. The van der Waals surface area contributed by atoms with Gasteiger partial charge in [0.1, 0.15) is 10.5 Å². The van der Waals surface area contributed by atoms with E-state index in [0.717, 1.165) is 11.3 Å². The van der Waals surface area contributed by atoms with E-state index < -0.39 is 10.0 Å². The van der Waals surface area contributed by atoms with Crippen molar-refractivity contribution >= 4 is 54.8 Å². The van der Waals surface area contributed by atoms with E-state index in [9.17, 15) is 8.42 Å². The third-order valence-corrected chi connectivity index (χ3v) is 6.10. The van der Waals surface area contributed by atoms with E-state index in [2.05, 4.69) is 30.7 Å². The Kier molecular flexibility index (Phi) is 3.43. The molecule has 2 aromatic rings. The first-order valence-electron chi connectivity index (χ1n) is 4.22. The number of anilines is 1. The lowest BCUT2D eigenvalue weighted by atomic mass is 10.7. The largest absolute Gasteiger partial charge is 0.273 e. The maximum Gasteiger partial charge on any atom is 0.273 e. The Balaban J connectivity index is 2.35. The van der Waals surface area contributed by atoms with Crippen molar-refractivity contribution in [2.24, 2.45) is 7.05 Å². The van der Waals surface area contributed by atoms with E-state index in [4.69, 9.17) is 11.6 Å². The van der Waals surface area contributed by atoms with Gasteiger partial charge in [0, 0.05) is 7.05 Å². The number of nitrogens with one attached hydrogen (secondary N) is 1. The van der Waals surface area contributed by atoms with Gasteiger partial charge in [-0.2, -0.15) is 10.1 Å². The summed E-state index contributed by atoms with van der Waals surface area (Å²) in [6, 6.07) is 1.37. The maximum atomic E-state index is 12.0. The zero-order valence-corrected chi connectivity index (χ0v) is 12.4. The molecule has 0 saturated heterocycles. The molecule has 92 valence electrons. The summed E-state index contributed by atoms with van der Waals surface area (Å²) < 4.78 is 28.2. The van der Waals surface area contributed by atoms with Crippen LogP contribution in [-0.4, -0.2) is 23.2 Å². The second-order valence-corrected chi connectivity index (χ2v) is 7.69. The second kappa shape index (κ2) is 4.56. The van der Waals surface area contributed by atoms with Crippen LogP contribution in [0.5, 0.6) is 0 Å². The van der Waals surface area contributed by atoms with Gasteiger partial charge in [-0.1, -0.05) is 11.6 Å². The van der Waals surface area contributed by atoms with Crippen LogP contribution in [-0.2, 0) is 17.1 Å². The molecule has 0 aliphatic heterocycles. The summed E-state index contributed by atoms with van der Waals surface area (Å²) >= 11 is 9.97. The monoisotopic (exact) mass is 356 g/mol. The maximum absolute atomic E-state index is 12.0. The molecule has 2 aromatic heterocycles. The highest BCUT2D eigenvalue weighted by Crippen LogP contribution is 2.35. The fraction of sp³-hybridized carbons (Fsp3) is 0.143. The third-order valence-electron chi connectivity index (χ3n) is 1.82. The average Bonchev–Trinajstić information content (AvgIpc) is 2.76. The van der Waals surface area contributed by atoms with Gasteiger partial charge >= 0.3 is 0 Å². The SMILES string of the molecule is Cn1ncnc1NS(=O)(=O)c1cc(Cl)c(Br)s1. The van der Waals surface area contributed by atoms with Crippen LogP contribution in [0, 0.1) is 0 Å². The smallest absolute Gasteiger partial charge is 0.247 e. The molecule has 0 amide bonds. The standard InChI is InChI=1S/C7H6BrClN4O2S2/c1-13-7(10-3-11-13)12-17(14,15)5-2-4(9)6(8)16-5/h2-3H,1H3,(H,10,11,12). The number of sulfonamides is 1. The number of aromatic nitrogens is 3. The van der Waals surface area contributed by atoms with Crippen molar-refractivity contribution in [2.45, 2.75) is 4.21 Å². The number of rotatable bonds is 3. The van der Waals surface area contributed by atoms with E-state index in [1.807, 2.05) is 0 Å². The predicted octanol–water partition coefficient (Wildman–Crippen LogP) is 2.09. The van der Waals surface area contributed by atoms with Crippen molar-refractivity contribution in [3.8, 4) is 0 Å². The molecular formula is C7H6BrClN4O2S2. The van der Waals surface area contributed by atoms with Crippen LogP contribution in [0.2, 0.25) is 5.02 Å². The van der Waals surface area contributed by atoms with Crippen molar-refractivity contribution in [1.82, 2.24) is 14.8 Å². The molecule has 6 nitrogen and oxygen atoms in total. The fourth-order valence-corrected chi connectivity index (χ4v) is 4.45. The molecular weight excluding hydrogens is 352 g/mol. The highest BCUT2D eigenvalue weighted by molar-refractivity contribution is 9.11. The van der Waals surface area contributed by atoms with Gasteiger partial charge in [-0.3, -0.25) is 0 Å². The summed E-state index contributed by atoms with van der Waals surface area (Å²) in [5, 5.41) is 4.12. The molecule has 0 fully saturated rings. The molecule has 0 aliphatic carbocycles. The van der Waals surface area contributed by atoms with E-state index in [1.54, 1.807) is 7.05 Å². The zero-order valence-electron chi connectivity index (χ0n) is 8.39. The van der Waals surface area contributed by atoms with Gasteiger partial charge in [0.05, 0.1) is 8.81 Å². The number of hydrogen-bond acceptors (Lipinski definition) is 5. The van der Waals surface area contributed by atoms with Gasteiger partial charge in [0.2, 0.25) is 5.95 Å². The summed E-state index contributed by atoms with van der Waals surface area (Å²) in [5.41, 5.74) is 0. The molecule has 0 unspecified atom stereocenters. The topological polar surface area (TPSA) is 76.9 Å². The van der Waals surface area contributed by atoms with Crippen molar-refractivity contribution in [3.63, 3.8) is 0 Å². The number of nitrogens with zero attached hydrogens (tertiary/aromatic N) is 3. The quantitative estimate of drug-likeness (QED) is 0.912. The molecule has 0 bridgehead atoms. The first kappa shape index (κ1) is 12.8. The minimum Gasteiger partial charge on any atom is -0.247 e. The van der Waals surface area contributed by atoms with E-state index in [0.29, 0.717) is 8.81 Å². The van der Waals surface area contributed by atoms with E-state index in [-0.39, 0.29) is 10.2 Å². The summed E-state index contributed by atoms with van der Waals surface area (Å²) in [6.07, 6.45) is 1.26. The normalized spacial score (nSPS) is 11.7. The first-order valence-corrected chi connectivity index (χ1v) is 7.69. The van der Waals surface area contributed by atoms with Gasteiger partial charge in [-0.15, -0.1) is 11.3 Å². The Morgan fingerprint density at radius 1 is 1.59 bits per heavy atom. The zero-order chi connectivity index (χ0) is 12.6. The van der Waals surface area contributed by atoms with E-state index >= 15 is 0 Å². The van der Waals surface area contributed by atoms with Crippen LogP contribution in [0.15, 0.2) is 20.4 Å². The Bertz CT molecular complexity index is 631. The highest BCUT2D eigenvalue weighted by Gasteiger charge is 2.20. The van der Waals surface area contributed by atoms with Crippen LogP contribution in [0.3, 0.4) is 0 Å². The van der Waals surface area contributed by atoms with E-state index in [1.165, 1.54) is 17.1 Å². The molecule has 0 aliphatic rings. The molecule has 2 heterocycles. The van der Waals surface area contributed by atoms with Crippen molar-refractivity contribution in [1.29, 1.82) is 0 Å². The number of thiophene rings is 1. The fourth-order valence-electron chi connectivity index (χ4n) is 1.02. The van der Waals surface area contributed by atoms with Crippen molar-refractivity contribution in [2.75, 3.05) is 4.72 Å². The van der Waals surface area contributed by atoms with Crippen molar-refractivity contribution in [3.05, 3.63) is 21.2 Å². The number of aryl methyl sites for hydroxylation is 1. The summed E-state index contributed by atoms with van der Waals surface area (Å²) in [7, 11) is -2.09. The van der Waals surface area contributed by atoms with Crippen molar-refractivity contribution < 1.29 is 8.42 Å². The molecule has 0 aromatic carbocycles. The number of hydrogen-bond donors (Lipinski definition) is 1. The Hall–Kier alpha value is -0.640. The molecule has 2 rings (SSSR count). The number of halogens is 2. The second-order valence-electron chi connectivity index (χ2n) is 3.00. The lowest BCUT2D eigenvalue weighted by Crippen LogP contribution is -2.14. The van der Waals surface area contributed by atoms with Crippen LogP contribution in [0.1, 0.15) is 0 Å².